The normalized spacial score (nSPS) is 11.3. The predicted molar refractivity (Wildman–Crippen MR) is 76.8 cm³/mol. The van der Waals surface area contributed by atoms with Gasteiger partial charge in [0.05, 0.1) is 12.7 Å². The summed E-state index contributed by atoms with van der Waals surface area (Å²) in [4.78, 5) is 18.1. The summed E-state index contributed by atoms with van der Waals surface area (Å²) in [5.74, 6) is 0.0857. The number of carbonyl (C=O) groups is 1. The van der Waals surface area contributed by atoms with Gasteiger partial charge in [-0.15, -0.1) is 0 Å². The maximum absolute atomic E-state index is 11.9. The largest absolute Gasteiger partial charge is 0.351 e. The third-order valence-corrected chi connectivity index (χ3v) is 4.04. The Balaban J connectivity index is 1.84. The summed E-state index contributed by atoms with van der Waals surface area (Å²) in [5.41, 5.74) is 0.942. The topological polar surface area (TPSA) is 104 Å². The van der Waals surface area contributed by atoms with Gasteiger partial charge in [-0.1, -0.05) is 30.3 Å². The molecule has 0 atom stereocenters. The summed E-state index contributed by atoms with van der Waals surface area (Å²) < 4.78 is 25.9. The van der Waals surface area contributed by atoms with Gasteiger partial charge < -0.3 is 10.3 Å². The molecule has 1 aromatic carbocycles. The van der Waals surface area contributed by atoms with Gasteiger partial charge in [0.1, 0.15) is 5.82 Å². The fourth-order valence-corrected chi connectivity index (χ4v) is 2.58. The van der Waals surface area contributed by atoms with Crippen molar-refractivity contribution in [3.63, 3.8) is 0 Å². The summed E-state index contributed by atoms with van der Waals surface area (Å²) >= 11 is 0. The number of rotatable bonds is 6. The van der Waals surface area contributed by atoms with Crippen molar-refractivity contribution in [1.82, 2.24) is 20.0 Å². The number of nitrogens with zero attached hydrogens (tertiary/aromatic N) is 1. The molecule has 8 heteroatoms. The average molecular weight is 308 g/mol. The van der Waals surface area contributed by atoms with E-state index in [1.165, 1.54) is 6.20 Å². The van der Waals surface area contributed by atoms with Gasteiger partial charge in [-0.3, -0.25) is 4.79 Å². The number of aromatic amines is 1. The number of amides is 1. The second-order valence-corrected chi connectivity index (χ2v) is 6.16. The van der Waals surface area contributed by atoms with E-state index in [0.29, 0.717) is 12.4 Å². The fourth-order valence-electron chi connectivity index (χ4n) is 1.63. The predicted octanol–water partition coefficient (Wildman–Crippen LogP) is 0.313. The highest BCUT2D eigenvalue weighted by Gasteiger charge is 2.17. The first kappa shape index (κ1) is 15.2. The molecule has 2 aromatic rings. The molecule has 2 rings (SSSR count). The van der Waals surface area contributed by atoms with Crippen LogP contribution in [-0.2, 0) is 21.4 Å². The van der Waals surface area contributed by atoms with Crippen LogP contribution in [0.2, 0.25) is 0 Å². The van der Waals surface area contributed by atoms with E-state index in [4.69, 9.17) is 0 Å². The Labute approximate surface area is 122 Å². The van der Waals surface area contributed by atoms with Gasteiger partial charge in [-0.2, -0.15) is 0 Å². The smallest absolute Gasteiger partial charge is 0.258 e. The Morgan fingerprint density at radius 3 is 2.62 bits per heavy atom. The zero-order chi connectivity index (χ0) is 15.3. The Morgan fingerprint density at radius 1 is 1.29 bits per heavy atom. The number of hydrogen-bond donors (Lipinski definition) is 3. The highest BCUT2D eigenvalue weighted by Crippen LogP contribution is 2.04. The van der Waals surface area contributed by atoms with Gasteiger partial charge in [0.2, 0.25) is 5.91 Å². The summed E-state index contributed by atoms with van der Waals surface area (Å²) in [6.07, 6.45) is 1.21. The molecule has 112 valence electrons. The van der Waals surface area contributed by atoms with Crippen molar-refractivity contribution in [2.45, 2.75) is 18.5 Å². The van der Waals surface area contributed by atoms with Gasteiger partial charge >= 0.3 is 0 Å². The number of H-pyrrole nitrogens is 1. The number of benzene rings is 1. The van der Waals surface area contributed by atoms with Gasteiger partial charge in [0, 0.05) is 6.54 Å². The van der Waals surface area contributed by atoms with E-state index < -0.39 is 15.9 Å². The van der Waals surface area contributed by atoms with Crippen LogP contribution in [0.5, 0.6) is 0 Å². The molecule has 21 heavy (non-hydrogen) atoms. The highest BCUT2D eigenvalue weighted by molar-refractivity contribution is 7.89. The van der Waals surface area contributed by atoms with Gasteiger partial charge in [-0.25, -0.2) is 18.1 Å². The van der Waals surface area contributed by atoms with Crippen LogP contribution in [0.3, 0.4) is 0 Å². The lowest BCUT2D eigenvalue weighted by Gasteiger charge is -2.06. The molecule has 0 radical (unpaired) electrons. The fraction of sp³-hybridized carbons (Fsp3) is 0.231. The van der Waals surface area contributed by atoms with Crippen LogP contribution in [0.25, 0.3) is 0 Å². The van der Waals surface area contributed by atoms with E-state index in [2.05, 4.69) is 20.0 Å². The van der Waals surface area contributed by atoms with E-state index >= 15 is 0 Å². The number of aromatic nitrogens is 2. The Morgan fingerprint density at radius 2 is 2.00 bits per heavy atom. The van der Waals surface area contributed by atoms with Crippen molar-refractivity contribution in [2.75, 3.05) is 6.54 Å². The zero-order valence-corrected chi connectivity index (χ0v) is 12.3. The Bertz CT molecular complexity index is 710. The van der Waals surface area contributed by atoms with Crippen LogP contribution >= 0.6 is 0 Å². The molecule has 0 aliphatic rings. The lowest BCUT2D eigenvalue weighted by Crippen LogP contribution is -2.36. The number of sulfonamides is 1. The van der Waals surface area contributed by atoms with Crippen molar-refractivity contribution in [3.05, 3.63) is 47.9 Å². The summed E-state index contributed by atoms with van der Waals surface area (Å²) in [6.45, 7) is 1.67. The molecule has 3 N–H and O–H groups in total. The van der Waals surface area contributed by atoms with Gasteiger partial charge in [0.15, 0.2) is 5.03 Å². The molecule has 0 fully saturated rings. The van der Waals surface area contributed by atoms with Gasteiger partial charge in [0.25, 0.3) is 10.0 Å². The molecule has 0 spiro atoms. The van der Waals surface area contributed by atoms with Crippen molar-refractivity contribution >= 4 is 15.9 Å². The first-order valence-electron chi connectivity index (χ1n) is 6.29. The summed E-state index contributed by atoms with van der Waals surface area (Å²) in [7, 11) is -3.75. The van der Waals surface area contributed by atoms with Crippen molar-refractivity contribution < 1.29 is 13.2 Å². The van der Waals surface area contributed by atoms with Crippen LogP contribution < -0.4 is 10.0 Å². The molecule has 1 amide bonds. The molecule has 1 heterocycles. The first-order valence-corrected chi connectivity index (χ1v) is 7.77. The molecule has 7 nitrogen and oxygen atoms in total. The number of imidazole rings is 1. The van der Waals surface area contributed by atoms with Crippen LogP contribution in [0.15, 0.2) is 41.6 Å². The molecular weight excluding hydrogens is 292 g/mol. The highest BCUT2D eigenvalue weighted by atomic mass is 32.2. The van der Waals surface area contributed by atoms with E-state index in [1.54, 1.807) is 6.92 Å². The second kappa shape index (κ2) is 6.51. The van der Waals surface area contributed by atoms with Crippen LogP contribution in [0.4, 0.5) is 0 Å². The minimum absolute atomic E-state index is 0.0594. The number of nitrogens with one attached hydrogen (secondary N) is 3. The van der Waals surface area contributed by atoms with Crippen LogP contribution in [0, 0.1) is 6.92 Å². The first-order chi connectivity index (χ1) is 9.97. The van der Waals surface area contributed by atoms with Crippen LogP contribution in [-0.4, -0.2) is 30.8 Å². The van der Waals surface area contributed by atoms with Crippen molar-refractivity contribution in [1.29, 1.82) is 0 Å². The molecule has 0 aliphatic carbocycles. The number of hydrogen-bond acceptors (Lipinski definition) is 4. The molecule has 0 saturated carbocycles. The second-order valence-electron chi connectivity index (χ2n) is 4.42. The minimum Gasteiger partial charge on any atom is -0.351 e. The monoisotopic (exact) mass is 308 g/mol. The van der Waals surface area contributed by atoms with Crippen LogP contribution in [0.1, 0.15) is 11.4 Å². The molecular formula is C13H16N4O3S. The lowest BCUT2D eigenvalue weighted by atomic mass is 10.2. The molecule has 1 aromatic heterocycles. The molecule has 0 unspecified atom stereocenters. The third kappa shape index (κ3) is 4.40. The third-order valence-electron chi connectivity index (χ3n) is 2.72. The molecule has 0 aliphatic heterocycles. The van der Waals surface area contributed by atoms with E-state index in [1.807, 2.05) is 30.3 Å². The zero-order valence-electron chi connectivity index (χ0n) is 11.5. The van der Waals surface area contributed by atoms with E-state index in [0.717, 1.165) is 5.56 Å². The standard InChI is InChI=1S/C13H16N4O3S/c1-10-14-9-13(17-10)21(19,20)16-8-12(18)15-7-11-5-3-2-4-6-11/h2-6,9,16H,7-8H2,1H3,(H,14,17)(H,15,18). The number of aryl methyl sites for hydroxylation is 1. The summed E-state index contributed by atoms with van der Waals surface area (Å²) in [5, 5.41) is 2.58. The Hall–Kier alpha value is -2.19. The van der Waals surface area contributed by atoms with Gasteiger partial charge in [-0.05, 0) is 12.5 Å². The lowest BCUT2D eigenvalue weighted by molar-refractivity contribution is -0.120. The maximum atomic E-state index is 11.9. The summed E-state index contributed by atoms with van der Waals surface area (Å²) in [6, 6.07) is 9.36. The quantitative estimate of drug-likeness (QED) is 0.714. The van der Waals surface area contributed by atoms with Crippen molar-refractivity contribution in [3.8, 4) is 0 Å². The van der Waals surface area contributed by atoms with Crippen molar-refractivity contribution in [2.24, 2.45) is 0 Å². The Kier molecular flexibility index (Phi) is 4.71. The number of carbonyl (C=O) groups excluding carboxylic acids is 1. The SMILES string of the molecule is Cc1ncc(S(=O)(=O)NCC(=O)NCc2ccccc2)[nH]1. The molecule has 0 saturated heterocycles. The van der Waals surface area contributed by atoms with E-state index in [9.17, 15) is 13.2 Å². The molecule has 0 bridgehead atoms. The minimum atomic E-state index is -3.75. The average Bonchev–Trinajstić information content (AvgIpc) is 2.92. The van der Waals surface area contributed by atoms with E-state index in [-0.39, 0.29) is 11.6 Å². The maximum Gasteiger partial charge on any atom is 0.258 e.